The van der Waals surface area contributed by atoms with Crippen molar-refractivity contribution in [2.45, 2.75) is 13.5 Å². The van der Waals surface area contributed by atoms with E-state index in [2.05, 4.69) is 15.2 Å². The summed E-state index contributed by atoms with van der Waals surface area (Å²) >= 11 is 7.51. The van der Waals surface area contributed by atoms with Gasteiger partial charge in [-0.15, -0.1) is 11.3 Å². The third-order valence-electron chi connectivity index (χ3n) is 2.54. The largest absolute Gasteiger partial charge is 0.337 e. The van der Waals surface area contributed by atoms with Gasteiger partial charge in [-0.05, 0) is 18.4 Å². The van der Waals surface area contributed by atoms with Crippen LogP contribution < -0.4 is 0 Å². The highest BCUT2D eigenvalue weighted by Crippen LogP contribution is 2.22. The van der Waals surface area contributed by atoms with E-state index in [1.54, 1.807) is 22.2 Å². The molecule has 0 aliphatic carbocycles. The molecule has 0 saturated heterocycles. The van der Waals surface area contributed by atoms with Crippen molar-refractivity contribution in [3.05, 3.63) is 40.3 Å². The normalized spacial score (nSPS) is 11.0. The number of hydrogen-bond acceptors (Lipinski definition) is 5. The molecule has 0 unspecified atom stereocenters. The number of nitrogens with zero attached hydrogens (tertiary/aromatic N) is 4. The summed E-state index contributed by atoms with van der Waals surface area (Å²) in [7, 11) is 0. The van der Waals surface area contributed by atoms with Crippen LogP contribution in [0, 0.1) is 6.92 Å². The SMILES string of the molecule is Cc1c(Cl)cnn1Cc1nc(-c2cccs2)no1. The molecule has 0 saturated carbocycles. The Morgan fingerprint density at radius 1 is 1.50 bits per heavy atom. The summed E-state index contributed by atoms with van der Waals surface area (Å²) in [6.45, 7) is 2.32. The van der Waals surface area contributed by atoms with Gasteiger partial charge in [-0.25, -0.2) is 0 Å². The van der Waals surface area contributed by atoms with Crippen molar-refractivity contribution in [3.63, 3.8) is 0 Å². The first-order valence-corrected chi connectivity index (χ1v) is 6.54. The summed E-state index contributed by atoms with van der Waals surface area (Å²) in [6.07, 6.45) is 1.60. The van der Waals surface area contributed by atoms with Crippen molar-refractivity contribution in [1.82, 2.24) is 19.9 Å². The molecule has 5 nitrogen and oxygen atoms in total. The van der Waals surface area contributed by atoms with Crippen LogP contribution in [-0.2, 0) is 6.54 Å². The summed E-state index contributed by atoms with van der Waals surface area (Å²) in [5, 5.41) is 10.7. The predicted molar refractivity (Wildman–Crippen MR) is 68.7 cm³/mol. The topological polar surface area (TPSA) is 56.7 Å². The van der Waals surface area contributed by atoms with E-state index in [1.165, 1.54) is 0 Å². The van der Waals surface area contributed by atoms with Crippen molar-refractivity contribution in [3.8, 4) is 10.7 Å². The van der Waals surface area contributed by atoms with Crippen LogP contribution in [0.2, 0.25) is 5.02 Å². The fourth-order valence-electron chi connectivity index (χ4n) is 1.54. The van der Waals surface area contributed by atoms with Crippen LogP contribution in [0.4, 0.5) is 0 Å². The molecule has 0 atom stereocenters. The maximum absolute atomic E-state index is 5.93. The molecule has 3 aromatic rings. The van der Waals surface area contributed by atoms with Gasteiger partial charge in [0, 0.05) is 0 Å². The van der Waals surface area contributed by atoms with Crippen LogP contribution in [0.1, 0.15) is 11.6 Å². The highest BCUT2D eigenvalue weighted by atomic mass is 35.5. The lowest BCUT2D eigenvalue weighted by Gasteiger charge is -1.98. The third-order valence-corrected chi connectivity index (χ3v) is 3.77. The molecule has 0 aliphatic rings. The lowest BCUT2D eigenvalue weighted by molar-refractivity contribution is 0.365. The van der Waals surface area contributed by atoms with Crippen molar-refractivity contribution in [2.75, 3.05) is 0 Å². The highest BCUT2D eigenvalue weighted by molar-refractivity contribution is 7.13. The number of thiophene rings is 1. The molecular weight excluding hydrogens is 272 g/mol. The first-order chi connectivity index (χ1) is 8.74. The van der Waals surface area contributed by atoms with Gasteiger partial charge < -0.3 is 4.52 Å². The van der Waals surface area contributed by atoms with Gasteiger partial charge in [0.2, 0.25) is 11.7 Å². The smallest absolute Gasteiger partial charge is 0.248 e. The van der Waals surface area contributed by atoms with Crippen molar-refractivity contribution in [1.29, 1.82) is 0 Å². The zero-order chi connectivity index (χ0) is 12.5. The Balaban J connectivity index is 1.84. The van der Waals surface area contributed by atoms with Gasteiger partial charge in [0.25, 0.3) is 0 Å². The second-order valence-electron chi connectivity index (χ2n) is 3.72. The lowest BCUT2D eigenvalue weighted by atomic mass is 10.4. The minimum atomic E-state index is 0.428. The number of hydrogen-bond donors (Lipinski definition) is 0. The average molecular weight is 281 g/mol. The van der Waals surface area contributed by atoms with E-state index < -0.39 is 0 Å². The minimum absolute atomic E-state index is 0.428. The van der Waals surface area contributed by atoms with E-state index in [0.29, 0.717) is 23.3 Å². The van der Waals surface area contributed by atoms with E-state index in [-0.39, 0.29) is 0 Å². The summed E-state index contributed by atoms with van der Waals surface area (Å²) in [6, 6.07) is 3.91. The lowest BCUT2D eigenvalue weighted by Crippen LogP contribution is -2.03. The van der Waals surface area contributed by atoms with Crippen LogP contribution in [0.3, 0.4) is 0 Å². The standard InChI is InChI=1S/C11H9ClN4OS/c1-7-8(12)5-13-16(7)6-10-14-11(15-17-10)9-3-2-4-18-9/h2-5H,6H2,1H3. The number of aromatic nitrogens is 4. The zero-order valence-corrected chi connectivity index (χ0v) is 11.1. The maximum Gasteiger partial charge on any atom is 0.248 e. The van der Waals surface area contributed by atoms with Crippen LogP contribution in [0.25, 0.3) is 10.7 Å². The average Bonchev–Trinajstić information content (AvgIpc) is 3.06. The van der Waals surface area contributed by atoms with E-state index in [9.17, 15) is 0 Å². The number of halogens is 1. The molecule has 0 fully saturated rings. The summed E-state index contributed by atoms with van der Waals surface area (Å²) in [4.78, 5) is 5.31. The Morgan fingerprint density at radius 3 is 3.06 bits per heavy atom. The van der Waals surface area contributed by atoms with Crippen molar-refractivity contribution >= 4 is 22.9 Å². The molecule has 0 radical (unpaired) electrons. The van der Waals surface area contributed by atoms with Crippen LogP contribution in [0.5, 0.6) is 0 Å². The van der Waals surface area contributed by atoms with Crippen molar-refractivity contribution in [2.24, 2.45) is 0 Å². The van der Waals surface area contributed by atoms with Crippen LogP contribution >= 0.6 is 22.9 Å². The molecule has 0 aliphatic heterocycles. The van der Waals surface area contributed by atoms with E-state index in [0.717, 1.165) is 10.6 Å². The molecule has 3 aromatic heterocycles. The molecular formula is C11H9ClN4OS. The molecule has 7 heteroatoms. The van der Waals surface area contributed by atoms with Gasteiger partial charge in [0.15, 0.2) is 0 Å². The summed E-state index contributed by atoms with van der Waals surface area (Å²) < 4.78 is 6.93. The molecule has 0 aromatic carbocycles. The minimum Gasteiger partial charge on any atom is -0.337 e. The molecule has 3 rings (SSSR count). The van der Waals surface area contributed by atoms with Gasteiger partial charge in [-0.1, -0.05) is 22.8 Å². The molecule has 92 valence electrons. The second kappa shape index (κ2) is 4.55. The fraction of sp³-hybridized carbons (Fsp3) is 0.182. The third kappa shape index (κ3) is 2.04. The molecule has 0 amide bonds. The first-order valence-electron chi connectivity index (χ1n) is 5.28. The van der Waals surface area contributed by atoms with Gasteiger partial charge in [-0.2, -0.15) is 10.1 Å². The highest BCUT2D eigenvalue weighted by Gasteiger charge is 2.12. The Labute approximate surface area is 112 Å². The van der Waals surface area contributed by atoms with Crippen molar-refractivity contribution < 1.29 is 4.52 Å². The van der Waals surface area contributed by atoms with E-state index >= 15 is 0 Å². The fourth-order valence-corrected chi connectivity index (χ4v) is 2.33. The van der Waals surface area contributed by atoms with Gasteiger partial charge in [0.05, 0.1) is 21.8 Å². The van der Waals surface area contributed by atoms with E-state index in [4.69, 9.17) is 16.1 Å². The second-order valence-corrected chi connectivity index (χ2v) is 5.08. The molecule has 0 spiro atoms. The van der Waals surface area contributed by atoms with Gasteiger partial charge in [-0.3, -0.25) is 4.68 Å². The monoisotopic (exact) mass is 280 g/mol. The Bertz CT molecular complexity index is 658. The Morgan fingerprint density at radius 2 is 2.39 bits per heavy atom. The molecule has 0 N–H and O–H groups in total. The maximum atomic E-state index is 5.93. The molecule has 3 heterocycles. The zero-order valence-electron chi connectivity index (χ0n) is 9.50. The van der Waals surface area contributed by atoms with Crippen LogP contribution in [-0.4, -0.2) is 19.9 Å². The molecule has 18 heavy (non-hydrogen) atoms. The Kier molecular flexibility index (Phi) is 2.89. The first kappa shape index (κ1) is 11.4. The quantitative estimate of drug-likeness (QED) is 0.740. The van der Waals surface area contributed by atoms with Gasteiger partial charge >= 0.3 is 0 Å². The summed E-state index contributed by atoms with van der Waals surface area (Å²) in [5.74, 6) is 1.12. The number of rotatable bonds is 3. The van der Waals surface area contributed by atoms with E-state index in [1.807, 2.05) is 24.4 Å². The predicted octanol–water partition coefficient (Wildman–Crippen LogP) is 3.00. The Hall–Kier alpha value is -1.66. The van der Waals surface area contributed by atoms with Gasteiger partial charge in [0.1, 0.15) is 6.54 Å². The molecule has 0 bridgehead atoms. The summed E-state index contributed by atoms with van der Waals surface area (Å²) in [5.41, 5.74) is 0.882. The van der Waals surface area contributed by atoms with Crippen LogP contribution in [0.15, 0.2) is 28.2 Å².